The Hall–Kier alpha value is -1.06. The zero-order chi connectivity index (χ0) is 13.0. The van der Waals surface area contributed by atoms with Crippen molar-refractivity contribution in [1.82, 2.24) is 0 Å². The van der Waals surface area contributed by atoms with Gasteiger partial charge >= 0.3 is 11.9 Å². The standard InChI is InChI=1S/C12H22O4/c1-6-16-10(15)12(5,9(13)14)8-7-11(2,3)4/h6-8H2,1-5H3,(H,13,14). The summed E-state index contributed by atoms with van der Waals surface area (Å²) in [4.78, 5) is 22.8. The molecule has 0 aliphatic carbocycles. The number of esters is 1. The van der Waals surface area contributed by atoms with E-state index in [2.05, 4.69) is 0 Å². The van der Waals surface area contributed by atoms with Crippen LogP contribution < -0.4 is 0 Å². The quantitative estimate of drug-likeness (QED) is 0.582. The summed E-state index contributed by atoms with van der Waals surface area (Å²) in [7, 11) is 0. The Morgan fingerprint density at radius 3 is 1.94 bits per heavy atom. The minimum atomic E-state index is -1.43. The van der Waals surface area contributed by atoms with Crippen molar-refractivity contribution in [2.24, 2.45) is 10.8 Å². The zero-order valence-electron chi connectivity index (χ0n) is 10.8. The Balaban J connectivity index is 4.71. The maximum atomic E-state index is 11.6. The fraction of sp³-hybridized carbons (Fsp3) is 0.833. The van der Waals surface area contributed by atoms with Crippen molar-refractivity contribution in [2.45, 2.75) is 47.5 Å². The smallest absolute Gasteiger partial charge is 0.323 e. The molecule has 0 heterocycles. The van der Waals surface area contributed by atoms with Crippen LogP contribution in [0.25, 0.3) is 0 Å². The van der Waals surface area contributed by atoms with Crippen molar-refractivity contribution in [2.75, 3.05) is 6.61 Å². The molecule has 0 spiro atoms. The van der Waals surface area contributed by atoms with Crippen molar-refractivity contribution >= 4 is 11.9 Å². The van der Waals surface area contributed by atoms with E-state index in [9.17, 15) is 9.59 Å². The molecule has 4 heteroatoms. The van der Waals surface area contributed by atoms with E-state index in [1.807, 2.05) is 20.8 Å². The van der Waals surface area contributed by atoms with Crippen LogP contribution in [0.3, 0.4) is 0 Å². The molecular formula is C12H22O4. The fourth-order valence-corrected chi connectivity index (χ4v) is 1.21. The summed E-state index contributed by atoms with van der Waals surface area (Å²) in [5.74, 6) is -1.76. The van der Waals surface area contributed by atoms with Gasteiger partial charge in [-0.25, -0.2) is 0 Å². The lowest BCUT2D eigenvalue weighted by atomic mass is 9.79. The lowest BCUT2D eigenvalue weighted by Gasteiger charge is -2.26. The summed E-state index contributed by atoms with van der Waals surface area (Å²) >= 11 is 0. The van der Waals surface area contributed by atoms with Crippen LogP contribution >= 0.6 is 0 Å². The summed E-state index contributed by atoms with van der Waals surface area (Å²) in [5.41, 5.74) is -1.42. The Labute approximate surface area is 97.0 Å². The van der Waals surface area contributed by atoms with E-state index in [1.54, 1.807) is 6.92 Å². The highest BCUT2D eigenvalue weighted by molar-refractivity contribution is 5.98. The molecule has 1 atom stereocenters. The third-order valence-electron chi connectivity index (χ3n) is 2.57. The second-order valence-corrected chi connectivity index (χ2v) is 5.42. The summed E-state index contributed by atoms with van der Waals surface area (Å²) in [6, 6.07) is 0. The number of carbonyl (C=O) groups is 2. The molecule has 0 aliphatic rings. The van der Waals surface area contributed by atoms with Crippen molar-refractivity contribution in [3.05, 3.63) is 0 Å². The molecule has 0 bridgehead atoms. The van der Waals surface area contributed by atoms with Gasteiger partial charge < -0.3 is 9.84 Å². The van der Waals surface area contributed by atoms with Crippen LogP contribution in [0.5, 0.6) is 0 Å². The molecule has 0 aliphatic heterocycles. The van der Waals surface area contributed by atoms with E-state index < -0.39 is 17.4 Å². The fourth-order valence-electron chi connectivity index (χ4n) is 1.21. The predicted octanol–water partition coefficient (Wildman–Crippen LogP) is 2.47. The summed E-state index contributed by atoms with van der Waals surface area (Å²) in [6.07, 6.45) is 0.958. The topological polar surface area (TPSA) is 63.6 Å². The normalized spacial score (nSPS) is 15.3. The number of hydrogen-bond donors (Lipinski definition) is 1. The van der Waals surface area contributed by atoms with Crippen LogP contribution in [0.15, 0.2) is 0 Å². The second-order valence-electron chi connectivity index (χ2n) is 5.42. The molecule has 1 unspecified atom stereocenters. The van der Waals surface area contributed by atoms with Gasteiger partial charge in [-0.15, -0.1) is 0 Å². The summed E-state index contributed by atoms with van der Waals surface area (Å²) in [5, 5.41) is 9.13. The Bertz CT molecular complexity index is 265. The van der Waals surface area contributed by atoms with Gasteiger partial charge in [0.25, 0.3) is 0 Å². The molecule has 0 rings (SSSR count). The van der Waals surface area contributed by atoms with E-state index in [0.717, 1.165) is 0 Å². The first-order valence-electron chi connectivity index (χ1n) is 5.54. The molecule has 94 valence electrons. The van der Waals surface area contributed by atoms with Crippen LogP contribution in [-0.4, -0.2) is 23.7 Å². The highest BCUT2D eigenvalue weighted by Gasteiger charge is 2.43. The highest BCUT2D eigenvalue weighted by Crippen LogP contribution is 2.32. The largest absolute Gasteiger partial charge is 0.480 e. The number of carboxylic acids is 1. The molecular weight excluding hydrogens is 208 g/mol. The Morgan fingerprint density at radius 1 is 1.12 bits per heavy atom. The molecule has 1 N–H and O–H groups in total. The van der Waals surface area contributed by atoms with Gasteiger partial charge in [0.1, 0.15) is 0 Å². The van der Waals surface area contributed by atoms with E-state index in [0.29, 0.717) is 12.8 Å². The van der Waals surface area contributed by atoms with Gasteiger partial charge in [-0.1, -0.05) is 20.8 Å². The average Bonchev–Trinajstić information content (AvgIpc) is 2.13. The summed E-state index contributed by atoms with van der Waals surface area (Å²) in [6.45, 7) is 9.35. The van der Waals surface area contributed by atoms with Crippen LogP contribution in [0.1, 0.15) is 47.5 Å². The minimum absolute atomic E-state index is 0.00318. The first-order chi connectivity index (χ1) is 7.13. The van der Waals surface area contributed by atoms with Crippen LogP contribution in [0.4, 0.5) is 0 Å². The van der Waals surface area contributed by atoms with Crippen LogP contribution in [0.2, 0.25) is 0 Å². The molecule has 0 amide bonds. The maximum absolute atomic E-state index is 11.6. The molecule has 0 aromatic rings. The number of ether oxygens (including phenoxy) is 1. The van der Waals surface area contributed by atoms with Crippen molar-refractivity contribution in [3.63, 3.8) is 0 Å². The lowest BCUT2D eigenvalue weighted by molar-refractivity contribution is -0.168. The first-order valence-corrected chi connectivity index (χ1v) is 5.54. The average molecular weight is 230 g/mol. The Kier molecular flexibility index (Phi) is 4.97. The lowest BCUT2D eigenvalue weighted by Crippen LogP contribution is -2.38. The number of hydrogen-bond acceptors (Lipinski definition) is 3. The van der Waals surface area contributed by atoms with Crippen molar-refractivity contribution < 1.29 is 19.4 Å². The van der Waals surface area contributed by atoms with E-state index >= 15 is 0 Å². The monoisotopic (exact) mass is 230 g/mol. The van der Waals surface area contributed by atoms with Crippen molar-refractivity contribution in [1.29, 1.82) is 0 Å². The molecule has 0 radical (unpaired) electrons. The van der Waals surface area contributed by atoms with Crippen LogP contribution in [-0.2, 0) is 14.3 Å². The SMILES string of the molecule is CCOC(=O)C(C)(CCC(C)(C)C)C(=O)O. The molecule has 16 heavy (non-hydrogen) atoms. The van der Waals surface area contributed by atoms with Gasteiger partial charge in [-0.3, -0.25) is 9.59 Å². The molecule has 0 fully saturated rings. The third kappa shape index (κ3) is 4.21. The molecule has 0 aromatic carbocycles. The van der Waals surface area contributed by atoms with E-state index in [4.69, 9.17) is 9.84 Å². The minimum Gasteiger partial charge on any atom is -0.480 e. The second kappa shape index (κ2) is 5.32. The van der Waals surface area contributed by atoms with Crippen molar-refractivity contribution in [3.8, 4) is 0 Å². The van der Waals surface area contributed by atoms with E-state index in [1.165, 1.54) is 6.92 Å². The first kappa shape index (κ1) is 14.9. The number of carboxylic acid groups (broad SMARTS) is 1. The summed E-state index contributed by atoms with van der Waals surface area (Å²) < 4.78 is 4.81. The number of rotatable bonds is 5. The maximum Gasteiger partial charge on any atom is 0.323 e. The molecule has 0 aromatic heterocycles. The Morgan fingerprint density at radius 2 is 1.62 bits per heavy atom. The zero-order valence-corrected chi connectivity index (χ0v) is 10.8. The predicted molar refractivity (Wildman–Crippen MR) is 61.1 cm³/mol. The molecule has 4 nitrogen and oxygen atoms in total. The highest BCUT2D eigenvalue weighted by atomic mass is 16.5. The number of aliphatic carboxylic acids is 1. The van der Waals surface area contributed by atoms with Gasteiger partial charge in [0.2, 0.25) is 0 Å². The van der Waals surface area contributed by atoms with Gasteiger partial charge in [0.15, 0.2) is 5.41 Å². The third-order valence-corrected chi connectivity index (χ3v) is 2.57. The number of carbonyl (C=O) groups excluding carboxylic acids is 1. The molecule has 0 saturated heterocycles. The van der Waals surface area contributed by atoms with Gasteiger partial charge in [-0.05, 0) is 32.1 Å². The molecule has 0 saturated carbocycles. The van der Waals surface area contributed by atoms with Gasteiger partial charge in [-0.2, -0.15) is 0 Å². The van der Waals surface area contributed by atoms with Gasteiger partial charge in [0, 0.05) is 0 Å². The van der Waals surface area contributed by atoms with Gasteiger partial charge in [0.05, 0.1) is 6.61 Å². The van der Waals surface area contributed by atoms with E-state index in [-0.39, 0.29) is 12.0 Å². The van der Waals surface area contributed by atoms with Crippen LogP contribution in [0, 0.1) is 10.8 Å².